The molecule has 0 radical (unpaired) electrons. The van der Waals surface area contributed by atoms with E-state index in [0.717, 1.165) is 22.1 Å². The summed E-state index contributed by atoms with van der Waals surface area (Å²) in [6, 6.07) is 16.3. The van der Waals surface area contributed by atoms with E-state index in [-0.39, 0.29) is 17.7 Å². The van der Waals surface area contributed by atoms with Gasteiger partial charge in [0, 0.05) is 10.9 Å². The van der Waals surface area contributed by atoms with E-state index in [1.54, 1.807) is 44.8 Å². The maximum Gasteiger partial charge on any atom is 0.338 e. The molecule has 1 unspecified atom stereocenters. The molecule has 9 heteroatoms. The van der Waals surface area contributed by atoms with Crippen LogP contribution in [-0.2, 0) is 9.53 Å². The molecule has 39 heavy (non-hydrogen) atoms. The van der Waals surface area contributed by atoms with Gasteiger partial charge in [-0.3, -0.25) is 9.36 Å². The van der Waals surface area contributed by atoms with E-state index >= 15 is 0 Å². The van der Waals surface area contributed by atoms with Crippen LogP contribution in [0.4, 0.5) is 0 Å². The van der Waals surface area contributed by atoms with Crippen molar-refractivity contribution in [2.75, 3.05) is 27.9 Å². The Balaban J connectivity index is 1.79. The van der Waals surface area contributed by atoms with Crippen LogP contribution in [0.1, 0.15) is 31.0 Å². The summed E-state index contributed by atoms with van der Waals surface area (Å²) in [7, 11) is 4.70. The molecule has 1 aromatic heterocycles. The number of ether oxygens (including phenoxy) is 4. The van der Waals surface area contributed by atoms with Gasteiger partial charge in [0.15, 0.2) is 16.3 Å². The second-order valence-corrected chi connectivity index (χ2v) is 9.80. The molecule has 1 aliphatic heterocycles. The smallest absolute Gasteiger partial charge is 0.338 e. The van der Waals surface area contributed by atoms with Gasteiger partial charge in [0.1, 0.15) is 11.8 Å². The van der Waals surface area contributed by atoms with E-state index in [1.807, 2.05) is 48.5 Å². The molecular formula is C30H28N2O6S. The van der Waals surface area contributed by atoms with Crippen molar-refractivity contribution in [2.24, 2.45) is 4.99 Å². The van der Waals surface area contributed by atoms with Gasteiger partial charge in [-0.15, -0.1) is 0 Å². The van der Waals surface area contributed by atoms with Crippen LogP contribution < -0.4 is 29.1 Å². The molecule has 8 nitrogen and oxygen atoms in total. The Kier molecular flexibility index (Phi) is 7.26. The minimum Gasteiger partial charge on any atom is -0.496 e. The third kappa shape index (κ3) is 4.48. The Morgan fingerprint density at radius 2 is 1.72 bits per heavy atom. The first-order chi connectivity index (χ1) is 18.9. The van der Waals surface area contributed by atoms with Crippen molar-refractivity contribution in [1.82, 2.24) is 4.57 Å². The van der Waals surface area contributed by atoms with Crippen LogP contribution in [0.25, 0.3) is 16.8 Å². The maximum absolute atomic E-state index is 14.1. The van der Waals surface area contributed by atoms with Crippen molar-refractivity contribution in [2.45, 2.75) is 19.9 Å². The van der Waals surface area contributed by atoms with Crippen LogP contribution in [0.5, 0.6) is 17.2 Å². The Bertz CT molecular complexity index is 1800. The molecule has 0 N–H and O–H groups in total. The molecule has 2 heterocycles. The van der Waals surface area contributed by atoms with E-state index in [1.165, 1.54) is 18.4 Å². The lowest BCUT2D eigenvalue weighted by Crippen LogP contribution is -2.40. The predicted molar refractivity (Wildman–Crippen MR) is 150 cm³/mol. The normalized spacial score (nSPS) is 15.1. The van der Waals surface area contributed by atoms with Gasteiger partial charge in [0.2, 0.25) is 0 Å². The molecule has 0 amide bonds. The Morgan fingerprint density at radius 1 is 0.974 bits per heavy atom. The number of hydrogen-bond donors (Lipinski definition) is 0. The number of carbonyl (C=O) groups excluding carboxylic acids is 1. The first-order valence-corrected chi connectivity index (χ1v) is 13.2. The summed E-state index contributed by atoms with van der Waals surface area (Å²) in [5, 5.41) is 1.90. The first-order valence-electron chi connectivity index (χ1n) is 12.4. The molecule has 0 saturated heterocycles. The zero-order valence-corrected chi connectivity index (χ0v) is 23.1. The highest BCUT2D eigenvalue weighted by Crippen LogP contribution is 2.40. The highest BCUT2D eigenvalue weighted by atomic mass is 32.1. The predicted octanol–water partition coefficient (Wildman–Crippen LogP) is 3.98. The van der Waals surface area contributed by atoms with E-state index in [9.17, 15) is 9.59 Å². The molecule has 0 bridgehead atoms. The molecule has 4 aromatic rings. The third-order valence-corrected chi connectivity index (χ3v) is 7.65. The number of hydrogen-bond acceptors (Lipinski definition) is 8. The molecule has 1 aliphatic rings. The molecule has 0 fully saturated rings. The van der Waals surface area contributed by atoms with E-state index in [4.69, 9.17) is 18.9 Å². The summed E-state index contributed by atoms with van der Waals surface area (Å²) >= 11 is 1.27. The standard InChI is InChI=1S/C30H28N2O6S/c1-6-38-29(34)25-17(2)31-30-32(26(25)21-12-9-13-23(36-4)27(21)37-5)28(33)24(39-30)16-18-14-15-22(35-3)20-11-8-7-10-19(18)20/h7-16,26H,6H2,1-5H3. The van der Waals surface area contributed by atoms with Gasteiger partial charge >= 0.3 is 5.97 Å². The summed E-state index contributed by atoms with van der Waals surface area (Å²) in [6.07, 6.45) is 1.86. The summed E-state index contributed by atoms with van der Waals surface area (Å²) in [5.74, 6) is 1.13. The van der Waals surface area contributed by atoms with E-state index < -0.39 is 12.0 Å². The Hall–Kier alpha value is -4.37. The highest BCUT2D eigenvalue weighted by molar-refractivity contribution is 7.07. The number of fused-ring (bicyclic) bond motifs is 2. The number of carbonyl (C=O) groups is 1. The Morgan fingerprint density at radius 3 is 2.41 bits per heavy atom. The molecule has 0 aliphatic carbocycles. The Labute approximate surface area is 229 Å². The van der Waals surface area contributed by atoms with Crippen molar-refractivity contribution in [3.8, 4) is 17.2 Å². The minimum absolute atomic E-state index is 0.187. The maximum atomic E-state index is 14.1. The quantitative estimate of drug-likeness (QED) is 0.327. The zero-order chi connectivity index (χ0) is 27.7. The summed E-state index contributed by atoms with van der Waals surface area (Å²) in [4.78, 5) is 32.4. The van der Waals surface area contributed by atoms with E-state index in [0.29, 0.717) is 32.1 Å². The fourth-order valence-electron chi connectivity index (χ4n) is 4.95. The molecule has 1 atom stereocenters. The molecule has 5 rings (SSSR count). The molecule has 0 spiro atoms. The number of benzene rings is 3. The van der Waals surface area contributed by atoms with E-state index in [2.05, 4.69) is 4.99 Å². The van der Waals surface area contributed by atoms with Crippen LogP contribution in [0.2, 0.25) is 0 Å². The van der Waals surface area contributed by atoms with Gasteiger partial charge in [-0.2, -0.15) is 0 Å². The van der Waals surface area contributed by atoms with Gasteiger partial charge in [-0.25, -0.2) is 9.79 Å². The van der Waals surface area contributed by atoms with Crippen molar-refractivity contribution < 1.29 is 23.7 Å². The number of methoxy groups -OCH3 is 3. The lowest BCUT2D eigenvalue weighted by molar-refractivity contribution is -0.139. The number of nitrogens with zero attached hydrogens (tertiary/aromatic N) is 2. The number of rotatable bonds is 7. The van der Waals surface area contributed by atoms with Gasteiger partial charge in [-0.1, -0.05) is 53.8 Å². The monoisotopic (exact) mass is 544 g/mol. The summed E-state index contributed by atoms with van der Waals surface area (Å²) in [5.41, 5.74) is 1.94. The first kappa shape index (κ1) is 26.2. The van der Waals surface area contributed by atoms with Gasteiger partial charge < -0.3 is 18.9 Å². The SMILES string of the molecule is CCOC(=O)C1=C(C)N=c2sc(=Cc3ccc(OC)c4ccccc34)c(=O)n2C1c1cccc(OC)c1OC. The van der Waals surface area contributed by atoms with Crippen LogP contribution in [-0.4, -0.2) is 38.5 Å². The topological polar surface area (TPSA) is 88.4 Å². The van der Waals surface area contributed by atoms with Crippen LogP contribution >= 0.6 is 11.3 Å². The summed E-state index contributed by atoms with van der Waals surface area (Å²) in [6.45, 7) is 3.68. The van der Waals surface area contributed by atoms with Gasteiger partial charge in [0.25, 0.3) is 5.56 Å². The second-order valence-electron chi connectivity index (χ2n) is 8.79. The van der Waals surface area contributed by atoms with Crippen LogP contribution in [0, 0.1) is 0 Å². The highest BCUT2D eigenvalue weighted by Gasteiger charge is 2.35. The molecule has 3 aromatic carbocycles. The lowest BCUT2D eigenvalue weighted by Gasteiger charge is -2.26. The number of aromatic nitrogens is 1. The molecule has 200 valence electrons. The summed E-state index contributed by atoms with van der Waals surface area (Å²) < 4.78 is 24.2. The van der Waals surface area contributed by atoms with Crippen LogP contribution in [0.3, 0.4) is 0 Å². The largest absolute Gasteiger partial charge is 0.496 e. The van der Waals surface area contributed by atoms with Crippen LogP contribution in [0.15, 0.2) is 75.7 Å². The lowest BCUT2D eigenvalue weighted by atomic mass is 9.94. The van der Waals surface area contributed by atoms with Crippen molar-refractivity contribution in [1.29, 1.82) is 0 Å². The fraction of sp³-hybridized carbons (Fsp3) is 0.233. The zero-order valence-electron chi connectivity index (χ0n) is 22.3. The molecular weight excluding hydrogens is 516 g/mol. The number of thiazole rings is 1. The average Bonchev–Trinajstić information content (AvgIpc) is 3.25. The minimum atomic E-state index is -0.819. The average molecular weight is 545 g/mol. The van der Waals surface area contributed by atoms with Crippen molar-refractivity contribution in [3.05, 3.63) is 96.7 Å². The number of allylic oxidation sites excluding steroid dienone is 1. The van der Waals surface area contributed by atoms with Gasteiger partial charge in [-0.05, 0) is 43.0 Å². The third-order valence-electron chi connectivity index (χ3n) is 6.67. The number of para-hydroxylation sites is 1. The van der Waals surface area contributed by atoms with Crippen molar-refractivity contribution in [3.63, 3.8) is 0 Å². The fourth-order valence-corrected chi connectivity index (χ4v) is 5.99. The van der Waals surface area contributed by atoms with Gasteiger partial charge in [0.05, 0.1) is 43.7 Å². The van der Waals surface area contributed by atoms with Crippen molar-refractivity contribution >= 4 is 34.2 Å². The second kappa shape index (κ2) is 10.8. The number of esters is 1. The molecule has 0 saturated carbocycles.